The lowest BCUT2D eigenvalue weighted by atomic mass is 10.1. The van der Waals surface area contributed by atoms with Crippen molar-refractivity contribution in [3.05, 3.63) is 46.0 Å². The normalized spacial score (nSPS) is 15.6. The highest BCUT2D eigenvalue weighted by Gasteiger charge is 2.21. The third-order valence-electron chi connectivity index (χ3n) is 3.33. The molecule has 104 valence electrons. The molecule has 1 N–H and O–H groups in total. The minimum Gasteiger partial charge on any atom is -0.378 e. The van der Waals surface area contributed by atoms with Gasteiger partial charge in [0.05, 0.1) is 18.8 Å². The predicted octanol–water partition coefficient (Wildman–Crippen LogP) is 1.14. The first-order valence-electron chi connectivity index (χ1n) is 6.35. The van der Waals surface area contributed by atoms with Crippen molar-refractivity contribution < 1.29 is 13.9 Å². The Morgan fingerprint density at radius 2 is 2.00 bits per heavy atom. The summed E-state index contributed by atoms with van der Waals surface area (Å²) in [6.45, 7) is 1.90. The monoisotopic (exact) mass is 276 g/mol. The molecule has 0 radical (unpaired) electrons. The van der Waals surface area contributed by atoms with Gasteiger partial charge >= 0.3 is 0 Å². The van der Waals surface area contributed by atoms with Crippen molar-refractivity contribution in [2.75, 3.05) is 26.3 Å². The standard InChI is InChI=1S/C14H13FN2O3/c15-9-1-2-12-10(7-9)11(8-13(18)16-12)14(19)17-3-5-20-6-4-17/h1-2,7-8H,3-6H2,(H,16,18). The first-order chi connectivity index (χ1) is 9.65. The number of aromatic amines is 1. The zero-order chi connectivity index (χ0) is 14.1. The third-order valence-corrected chi connectivity index (χ3v) is 3.33. The van der Waals surface area contributed by atoms with Crippen LogP contribution in [0.3, 0.4) is 0 Å². The molecule has 1 aromatic carbocycles. The molecular formula is C14H13FN2O3. The van der Waals surface area contributed by atoms with Crippen LogP contribution in [0, 0.1) is 5.82 Å². The fourth-order valence-electron chi connectivity index (χ4n) is 2.34. The van der Waals surface area contributed by atoms with Gasteiger partial charge in [-0.1, -0.05) is 0 Å². The minimum absolute atomic E-state index is 0.227. The van der Waals surface area contributed by atoms with Gasteiger partial charge in [0.1, 0.15) is 5.82 Å². The lowest BCUT2D eigenvalue weighted by Crippen LogP contribution is -2.41. The number of rotatable bonds is 1. The molecule has 0 saturated carbocycles. The SMILES string of the molecule is O=C(c1cc(=O)[nH]c2ccc(F)cc12)N1CCOCC1. The fourth-order valence-corrected chi connectivity index (χ4v) is 2.34. The number of pyridine rings is 1. The van der Waals surface area contributed by atoms with E-state index < -0.39 is 5.82 Å². The number of benzene rings is 1. The Morgan fingerprint density at radius 1 is 1.25 bits per heavy atom. The molecule has 2 heterocycles. The van der Waals surface area contributed by atoms with Crippen LogP contribution in [0.2, 0.25) is 0 Å². The smallest absolute Gasteiger partial charge is 0.254 e. The summed E-state index contributed by atoms with van der Waals surface area (Å²) in [5.41, 5.74) is 0.307. The molecule has 1 aliphatic rings. The van der Waals surface area contributed by atoms with Crippen LogP contribution in [-0.2, 0) is 4.74 Å². The lowest BCUT2D eigenvalue weighted by Gasteiger charge is -2.27. The molecule has 0 spiro atoms. The number of nitrogens with one attached hydrogen (secondary N) is 1. The van der Waals surface area contributed by atoms with E-state index in [-0.39, 0.29) is 17.0 Å². The maximum atomic E-state index is 13.4. The number of H-pyrrole nitrogens is 1. The van der Waals surface area contributed by atoms with Crippen molar-refractivity contribution in [1.82, 2.24) is 9.88 Å². The van der Waals surface area contributed by atoms with Gasteiger partial charge in [0.2, 0.25) is 5.56 Å². The van der Waals surface area contributed by atoms with Gasteiger partial charge in [-0.3, -0.25) is 9.59 Å². The average molecular weight is 276 g/mol. The maximum absolute atomic E-state index is 13.4. The van der Waals surface area contributed by atoms with Gasteiger partial charge in [-0.05, 0) is 18.2 Å². The van der Waals surface area contributed by atoms with E-state index in [0.29, 0.717) is 37.2 Å². The molecule has 1 aromatic heterocycles. The molecule has 1 aliphatic heterocycles. The number of hydrogen-bond acceptors (Lipinski definition) is 3. The highest BCUT2D eigenvalue weighted by Crippen LogP contribution is 2.18. The van der Waals surface area contributed by atoms with Crippen molar-refractivity contribution in [3.63, 3.8) is 0 Å². The first-order valence-corrected chi connectivity index (χ1v) is 6.35. The first kappa shape index (κ1) is 12.8. The highest BCUT2D eigenvalue weighted by molar-refractivity contribution is 6.06. The fraction of sp³-hybridized carbons (Fsp3) is 0.286. The van der Waals surface area contributed by atoms with Crippen LogP contribution in [0.5, 0.6) is 0 Å². The largest absolute Gasteiger partial charge is 0.378 e. The molecule has 0 bridgehead atoms. The molecule has 20 heavy (non-hydrogen) atoms. The summed E-state index contributed by atoms with van der Waals surface area (Å²) in [6, 6.07) is 5.20. The van der Waals surface area contributed by atoms with Crippen molar-refractivity contribution in [2.24, 2.45) is 0 Å². The second kappa shape index (κ2) is 5.05. The number of morpholine rings is 1. The Bertz CT molecular complexity index is 720. The van der Waals surface area contributed by atoms with Gasteiger partial charge < -0.3 is 14.6 Å². The van der Waals surface area contributed by atoms with Crippen LogP contribution in [-0.4, -0.2) is 42.1 Å². The van der Waals surface area contributed by atoms with Crippen molar-refractivity contribution in [3.8, 4) is 0 Å². The van der Waals surface area contributed by atoms with E-state index in [9.17, 15) is 14.0 Å². The van der Waals surface area contributed by atoms with E-state index in [0.717, 1.165) is 0 Å². The molecule has 1 saturated heterocycles. The zero-order valence-electron chi connectivity index (χ0n) is 10.7. The molecule has 1 fully saturated rings. The number of hydrogen-bond donors (Lipinski definition) is 1. The summed E-state index contributed by atoms with van der Waals surface area (Å²) in [6.07, 6.45) is 0. The summed E-state index contributed by atoms with van der Waals surface area (Å²) >= 11 is 0. The molecule has 0 unspecified atom stereocenters. The molecular weight excluding hydrogens is 263 g/mol. The van der Waals surface area contributed by atoms with Gasteiger partial charge in [-0.2, -0.15) is 0 Å². The number of halogens is 1. The molecule has 2 aromatic rings. The Labute approximate surface area is 114 Å². The average Bonchev–Trinajstić information content (AvgIpc) is 2.47. The van der Waals surface area contributed by atoms with Crippen LogP contribution in [0.1, 0.15) is 10.4 Å². The Balaban J connectivity index is 2.11. The van der Waals surface area contributed by atoms with Crippen LogP contribution in [0.25, 0.3) is 10.9 Å². The van der Waals surface area contributed by atoms with Gasteiger partial charge in [0, 0.05) is 30.1 Å². The van der Waals surface area contributed by atoms with E-state index in [1.807, 2.05) is 0 Å². The van der Waals surface area contributed by atoms with E-state index >= 15 is 0 Å². The van der Waals surface area contributed by atoms with Gasteiger partial charge in [-0.15, -0.1) is 0 Å². The summed E-state index contributed by atoms with van der Waals surface area (Å²) < 4.78 is 18.6. The Kier molecular flexibility index (Phi) is 3.23. The van der Waals surface area contributed by atoms with Crippen LogP contribution in [0.15, 0.2) is 29.1 Å². The number of carbonyl (C=O) groups excluding carboxylic acids is 1. The number of carbonyl (C=O) groups is 1. The second-order valence-electron chi connectivity index (χ2n) is 4.64. The summed E-state index contributed by atoms with van der Waals surface area (Å²) in [7, 11) is 0. The van der Waals surface area contributed by atoms with E-state index in [2.05, 4.69) is 4.98 Å². The highest BCUT2D eigenvalue weighted by atomic mass is 19.1. The van der Waals surface area contributed by atoms with E-state index in [4.69, 9.17) is 4.74 Å². The topological polar surface area (TPSA) is 62.4 Å². The van der Waals surface area contributed by atoms with Crippen LogP contribution < -0.4 is 5.56 Å². The number of aromatic nitrogens is 1. The zero-order valence-corrected chi connectivity index (χ0v) is 10.7. The van der Waals surface area contributed by atoms with Crippen LogP contribution >= 0.6 is 0 Å². The molecule has 5 nitrogen and oxygen atoms in total. The summed E-state index contributed by atoms with van der Waals surface area (Å²) in [4.78, 5) is 28.3. The Morgan fingerprint density at radius 3 is 2.75 bits per heavy atom. The molecule has 0 aliphatic carbocycles. The van der Waals surface area contributed by atoms with Crippen LogP contribution in [0.4, 0.5) is 4.39 Å². The molecule has 1 amide bonds. The second-order valence-corrected chi connectivity index (χ2v) is 4.64. The summed E-state index contributed by atoms with van der Waals surface area (Å²) in [5.74, 6) is -0.712. The molecule has 6 heteroatoms. The van der Waals surface area contributed by atoms with Crippen molar-refractivity contribution in [1.29, 1.82) is 0 Å². The van der Waals surface area contributed by atoms with Crippen molar-refractivity contribution >= 4 is 16.8 Å². The number of fused-ring (bicyclic) bond motifs is 1. The summed E-state index contributed by atoms with van der Waals surface area (Å²) in [5, 5.41) is 0.418. The lowest BCUT2D eigenvalue weighted by molar-refractivity contribution is 0.0304. The van der Waals surface area contributed by atoms with E-state index in [1.165, 1.54) is 24.3 Å². The quantitative estimate of drug-likeness (QED) is 0.849. The Hall–Kier alpha value is -2.21. The number of amides is 1. The number of ether oxygens (including phenoxy) is 1. The van der Waals surface area contributed by atoms with E-state index in [1.54, 1.807) is 4.90 Å². The predicted molar refractivity (Wildman–Crippen MR) is 71.2 cm³/mol. The molecule has 0 atom stereocenters. The van der Waals surface area contributed by atoms with Gasteiger partial charge in [0.15, 0.2) is 0 Å². The third kappa shape index (κ3) is 2.30. The maximum Gasteiger partial charge on any atom is 0.254 e. The van der Waals surface area contributed by atoms with Crippen molar-refractivity contribution in [2.45, 2.75) is 0 Å². The van der Waals surface area contributed by atoms with Gasteiger partial charge in [-0.25, -0.2) is 4.39 Å². The van der Waals surface area contributed by atoms with Gasteiger partial charge in [0.25, 0.3) is 5.91 Å². The number of nitrogens with zero attached hydrogens (tertiary/aromatic N) is 1. The minimum atomic E-state index is -0.444. The molecule has 3 rings (SSSR count).